The number of benzene rings is 2. The molecular formula is C21H23FN4O2. The van der Waals surface area contributed by atoms with Gasteiger partial charge in [0.15, 0.2) is 0 Å². The predicted molar refractivity (Wildman–Crippen MR) is 104 cm³/mol. The molecule has 28 heavy (non-hydrogen) atoms. The molecule has 146 valence electrons. The number of carbonyl (C=O) groups excluding carboxylic acids is 1. The van der Waals surface area contributed by atoms with Crippen molar-refractivity contribution in [1.29, 1.82) is 0 Å². The first-order valence-corrected chi connectivity index (χ1v) is 8.85. The average molecular weight is 382 g/mol. The van der Waals surface area contributed by atoms with Crippen molar-refractivity contribution in [2.45, 2.75) is 12.6 Å². The number of nitrogens with zero attached hydrogens (tertiary/aromatic N) is 3. The van der Waals surface area contributed by atoms with Gasteiger partial charge in [-0.2, -0.15) is 0 Å². The molecule has 3 rings (SSSR count). The highest BCUT2D eigenvalue weighted by atomic mass is 19.1. The summed E-state index contributed by atoms with van der Waals surface area (Å²) in [4.78, 5) is 18.7. The maximum absolute atomic E-state index is 13.4. The molecule has 3 aromatic rings. The number of methoxy groups -OCH3 is 1. The van der Waals surface area contributed by atoms with E-state index in [1.165, 1.54) is 17.0 Å². The molecule has 1 heterocycles. The van der Waals surface area contributed by atoms with Gasteiger partial charge in [-0.25, -0.2) is 14.2 Å². The normalized spacial score (nSPS) is 11.7. The Morgan fingerprint density at radius 3 is 2.64 bits per heavy atom. The molecule has 0 saturated carbocycles. The Balaban J connectivity index is 1.80. The molecule has 6 nitrogen and oxygen atoms in total. The number of amides is 2. The quantitative estimate of drug-likeness (QED) is 0.710. The van der Waals surface area contributed by atoms with E-state index >= 15 is 0 Å². The summed E-state index contributed by atoms with van der Waals surface area (Å²) >= 11 is 0. The van der Waals surface area contributed by atoms with Crippen LogP contribution in [0.3, 0.4) is 0 Å². The topological polar surface area (TPSA) is 59.4 Å². The summed E-state index contributed by atoms with van der Waals surface area (Å²) in [6.45, 7) is 0.291. The molecule has 0 spiro atoms. The summed E-state index contributed by atoms with van der Waals surface area (Å²) in [5.74, 6) is 1.12. The highest BCUT2D eigenvalue weighted by molar-refractivity contribution is 5.75. The molecule has 0 aliphatic carbocycles. The summed E-state index contributed by atoms with van der Waals surface area (Å²) in [5.41, 5.74) is 1.60. The Morgan fingerprint density at radius 1 is 1.29 bits per heavy atom. The van der Waals surface area contributed by atoms with E-state index in [0.717, 1.165) is 16.9 Å². The first-order chi connectivity index (χ1) is 13.5. The van der Waals surface area contributed by atoms with Gasteiger partial charge in [0.05, 0.1) is 7.11 Å². The van der Waals surface area contributed by atoms with Crippen LogP contribution in [0.5, 0.6) is 5.75 Å². The molecule has 0 bridgehead atoms. The van der Waals surface area contributed by atoms with Gasteiger partial charge in [0.1, 0.15) is 23.4 Å². The second-order valence-electron chi connectivity index (χ2n) is 6.54. The van der Waals surface area contributed by atoms with Gasteiger partial charge in [0.25, 0.3) is 0 Å². The first-order valence-electron chi connectivity index (χ1n) is 8.85. The molecule has 0 saturated heterocycles. The molecule has 1 unspecified atom stereocenters. The molecule has 1 N–H and O–H groups in total. The predicted octanol–water partition coefficient (Wildman–Crippen LogP) is 3.50. The largest absolute Gasteiger partial charge is 0.497 e. The van der Waals surface area contributed by atoms with E-state index in [1.807, 2.05) is 42.1 Å². The lowest BCUT2D eigenvalue weighted by atomic mass is 10.1. The lowest BCUT2D eigenvalue weighted by molar-refractivity contribution is 0.203. The van der Waals surface area contributed by atoms with Gasteiger partial charge in [0, 0.05) is 33.0 Å². The Hall–Kier alpha value is -3.35. The van der Waals surface area contributed by atoms with Crippen LogP contribution in [0.1, 0.15) is 23.0 Å². The van der Waals surface area contributed by atoms with Crippen LogP contribution in [0.25, 0.3) is 0 Å². The van der Waals surface area contributed by atoms with Crippen molar-refractivity contribution in [2.24, 2.45) is 7.05 Å². The maximum Gasteiger partial charge on any atom is 0.318 e. The minimum Gasteiger partial charge on any atom is -0.497 e. The van der Waals surface area contributed by atoms with Crippen LogP contribution < -0.4 is 10.1 Å². The van der Waals surface area contributed by atoms with E-state index in [9.17, 15) is 9.18 Å². The van der Waals surface area contributed by atoms with Gasteiger partial charge < -0.3 is 19.5 Å². The fraction of sp³-hybridized carbons (Fsp3) is 0.238. The van der Waals surface area contributed by atoms with Gasteiger partial charge in [-0.15, -0.1) is 0 Å². The molecule has 0 radical (unpaired) electrons. The van der Waals surface area contributed by atoms with E-state index in [0.29, 0.717) is 12.4 Å². The van der Waals surface area contributed by atoms with Crippen molar-refractivity contribution >= 4 is 6.03 Å². The standard InChI is InChI=1S/C21H23FN4O2/c1-25-12-11-23-20(25)19(16-7-9-18(28-3)10-8-16)24-21(27)26(2)14-15-5-4-6-17(22)13-15/h4-13,19H,14H2,1-3H3,(H,24,27). The Morgan fingerprint density at radius 2 is 2.04 bits per heavy atom. The van der Waals surface area contributed by atoms with Crippen molar-refractivity contribution in [3.63, 3.8) is 0 Å². The lowest BCUT2D eigenvalue weighted by Gasteiger charge is -2.24. The molecule has 0 aliphatic heterocycles. The summed E-state index contributed by atoms with van der Waals surface area (Å²) in [6, 6.07) is 13.0. The van der Waals surface area contributed by atoms with Gasteiger partial charge in [-0.3, -0.25) is 0 Å². The summed E-state index contributed by atoms with van der Waals surface area (Å²) in [5, 5.41) is 3.02. The van der Waals surface area contributed by atoms with Gasteiger partial charge in [0.2, 0.25) is 0 Å². The van der Waals surface area contributed by atoms with Crippen LogP contribution in [0.2, 0.25) is 0 Å². The molecule has 1 atom stereocenters. The summed E-state index contributed by atoms with van der Waals surface area (Å²) in [6.07, 6.45) is 3.52. The molecule has 0 fully saturated rings. The van der Waals surface area contributed by atoms with Crippen molar-refractivity contribution in [1.82, 2.24) is 19.8 Å². The van der Waals surface area contributed by atoms with Crippen molar-refractivity contribution in [3.05, 3.63) is 83.7 Å². The number of rotatable bonds is 6. The molecule has 0 aliphatic rings. The van der Waals surface area contributed by atoms with Crippen LogP contribution in [-0.4, -0.2) is 34.6 Å². The van der Waals surface area contributed by atoms with E-state index < -0.39 is 6.04 Å². The highest BCUT2D eigenvalue weighted by Crippen LogP contribution is 2.23. The Bertz CT molecular complexity index is 940. The monoisotopic (exact) mass is 382 g/mol. The number of aromatic nitrogens is 2. The van der Waals surface area contributed by atoms with Crippen LogP contribution >= 0.6 is 0 Å². The zero-order valence-electron chi connectivity index (χ0n) is 16.1. The van der Waals surface area contributed by atoms with Crippen molar-refractivity contribution in [2.75, 3.05) is 14.2 Å². The smallest absolute Gasteiger partial charge is 0.318 e. The number of imidazole rings is 1. The number of ether oxygens (including phenoxy) is 1. The fourth-order valence-electron chi connectivity index (χ4n) is 2.96. The van der Waals surface area contributed by atoms with Crippen LogP contribution in [0.15, 0.2) is 60.9 Å². The minimum absolute atomic E-state index is 0.284. The number of halogens is 1. The van der Waals surface area contributed by atoms with Crippen LogP contribution in [0.4, 0.5) is 9.18 Å². The number of carbonyl (C=O) groups is 1. The van der Waals surface area contributed by atoms with Crippen LogP contribution in [-0.2, 0) is 13.6 Å². The maximum atomic E-state index is 13.4. The Labute approximate surface area is 163 Å². The third-order valence-electron chi connectivity index (χ3n) is 4.49. The minimum atomic E-state index is -0.437. The molecule has 7 heteroatoms. The third-order valence-corrected chi connectivity index (χ3v) is 4.49. The number of aryl methyl sites for hydroxylation is 1. The molecule has 2 aromatic carbocycles. The SMILES string of the molecule is COc1ccc(C(NC(=O)N(C)Cc2cccc(F)c2)c2nccn2C)cc1. The first kappa shape index (κ1) is 19.4. The fourth-order valence-corrected chi connectivity index (χ4v) is 2.96. The zero-order valence-corrected chi connectivity index (χ0v) is 16.1. The summed E-state index contributed by atoms with van der Waals surface area (Å²) < 4.78 is 20.5. The number of hydrogen-bond donors (Lipinski definition) is 1. The second kappa shape index (κ2) is 8.56. The average Bonchev–Trinajstić information content (AvgIpc) is 3.11. The number of hydrogen-bond acceptors (Lipinski definition) is 3. The number of nitrogens with one attached hydrogen (secondary N) is 1. The van der Waals surface area contributed by atoms with Crippen molar-refractivity contribution < 1.29 is 13.9 Å². The van der Waals surface area contributed by atoms with E-state index in [4.69, 9.17) is 4.74 Å². The van der Waals surface area contributed by atoms with E-state index in [2.05, 4.69) is 10.3 Å². The second-order valence-corrected chi connectivity index (χ2v) is 6.54. The van der Waals surface area contributed by atoms with E-state index in [-0.39, 0.29) is 11.8 Å². The third kappa shape index (κ3) is 4.49. The molecule has 1 aromatic heterocycles. The summed E-state index contributed by atoms with van der Waals surface area (Å²) in [7, 11) is 5.15. The van der Waals surface area contributed by atoms with Crippen molar-refractivity contribution in [3.8, 4) is 5.75 Å². The zero-order chi connectivity index (χ0) is 20.1. The highest BCUT2D eigenvalue weighted by Gasteiger charge is 2.22. The molecular weight excluding hydrogens is 359 g/mol. The van der Waals surface area contributed by atoms with E-state index in [1.54, 1.807) is 32.5 Å². The Kier molecular flexibility index (Phi) is 5.93. The number of urea groups is 1. The lowest BCUT2D eigenvalue weighted by Crippen LogP contribution is -2.40. The van der Waals surface area contributed by atoms with Gasteiger partial charge in [-0.1, -0.05) is 24.3 Å². The van der Waals surface area contributed by atoms with Gasteiger partial charge >= 0.3 is 6.03 Å². The van der Waals surface area contributed by atoms with Crippen LogP contribution in [0, 0.1) is 5.82 Å². The molecule has 2 amide bonds. The van der Waals surface area contributed by atoms with Gasteiger partial charge in [-0.05, 0) is 35.4 Å².